The standard InChI is InChI=1S/C26H36N9O10P/c1-5-41-21-17-20(30-25(27)31-21)35(13-29-17)24-26(4,33-34-28)19(36)16(44-24)12-43-46(40,32-14(3)23(39)42-6-2)45-18(22(37)38)15-10-8-7-9-11-15/h8,10-11,13-14,16,18-19,24,36H,5-7,9,12H2,1-4H3,(H,32,40)(H,37,38)(H2,27,30,31)/t14-,16+,18?,19+,24+,26+,46?/m0/s1. The van der Waals surface area contributed by atoms with E-state index in [1.807, 2.05) is 0 Å². The van der Waals surface area contributed by atoms with E-state index in [-0.39, 0.29) is 41.8 Å². The summed E-state index contributed by atoms with van der Waals surface area (Å²) < 4.78 is 43.2. The maximum absolute atomic E-state index is 14.1. The van der Waals surface area contributed by atoms with Crippen molar-refractivity contribution < 1.29 is 47.6 Å². The Morgan fingerprint density at radius 1 is 1.35 bits per heavy atom. The van der Waals surface area contributed by atoms with E-state index >= 15 is 0 Å². The summed E-state index contributed by atoms with van der Waals surface area (Å²) >= 11 is 0. The summed E-state index contributed by atoms with van der Waals surface area (Å²) in [6.45, 7) is 5.68. The molecule has 2 unspecified atom stereocenters. The van der Waals surface area contributed by atoms with Crippen molar-refractivity contribution in [2.24, 2.45) is 5.11 Å². The number of hydrogen-bond donors (Lipinski definition) is 4. The molecule has 7 atom stereocenters. The summed E-state index contributed by atoms with van der Waals surface area (Å²) in [5.41, 5.74) is 14.2. The van der Waals surface area contributed by atoms with Gasteiger partial charge in [0.1, 0.15) is 17.7 Å². The normalized spacial score (nSPS) is 25.2. The Morgan fingerprint density at radius 3 is 2.74 bits per heavy atom. The van der Waals surface area contributed by atoms with Gasteiger partial charge in [-0.1, -0.05) is 23.3 Å². The number of aliphatic hydroxyl groups excluding tert-OH is 1. The number of aliphatic hydroxyl groups is 1. The van der Waals surface area contributed by atoms with E-state index in [1.54, 1.807) is 26.0 Å². The predicted octanol–water partition coefficient (Wildman–Crippen LogP) is 2.55. The number of esters is 1. The molecule has 250 valence electrons. The number of hydrogen-bond acceptors (Lipinski definition) is 14. The monoisotopic (exact) mass is 665 g/mol. The molecule has 0 amide bonds. The van der Waals surface area contributed by atoms with E-state index in [1.165, 1.54) is 30.8 Å². The van der Waals surface area contributed by atoms with E-state index in [0.29, 0.717) is 12.8 Å². The Morgan fingerprint density at radius 2 is 2.11 bits per heavy atom. The van der Waals surface area contributed by atoms with Crippen LogP contribution in [0.1, 0.15) is 46.8 Å². The first-order valence-corrected chi connectivity index (χ1v) is 15.9. The SMILES string of the molecule is CCOC(=O)[C@H](C)NP(=O)(OC[C@H]1O[C@@H](n2cnc3c(OCC)nc(N)nc32)[C@](C)(N=[N+]=[N-])[C@@H]1O)OC(C(=O)O)C1=CCCC=C1. The largest absolute Gasteiger partial charge is 0.479 e. The van der Waals surface area contributed by atoms with Gasteiger partial charge in [-0.25, -0.2) is 19.4 Å². The minimum atomic E-state index is -4.68. The Bertz CT molecular complexity index is 1610. The summed E-state index contributed by atoms with van der Waals surface area (Å²) in [6.07, 6.45) is 1.52. The van der Waals surface area contributed by atoms with E-state index in [4.69, 9.17) is 29.0 Å². The van der Waals surface area contributed by atoms with Crippen molar-refractivity contribution in [1.82, 2.24) is 24.6 Å². The zero-order valence-corrected chi connectivity index (χ0v) is 26.4. The molecular weight excluding hydrogens is 629 g/mol. The van der Waals surface area contributed by atoms with Crippen molar-refractivity contribution in [3.05, 3.63) is 40.6 Å². The van der Waals surface area contributed by atoms with Crippen LogP contribution in [0.5, 0.6) is 5.88 Å². The average molecular weight is 666 g/mol. The van der Waals surface area contributed by atoms with Gasteiger partial charge in [0.15, 0.2) is 23.5 Å². The fourth-order valence-electron chi connectivity index (χ4n) is 4.94. The maximum Gasteiger partial charge on any atom is 0.407 e. The number of imidazole rings is 1. The lowest BCUT2D eigenvalue weighted by Crippen LogP contribution is -2.43. The number of fused-ring (bicyclic) bond motifs is 1. The second-order valence-electron chi connectivity index (χ2n) is 10.4. The molecule has 0 radical (unpaired) electrons. The highest BCUT2D eigenvalue weighted by Crippen LogP contribution is 2.49. The molecule has 19 nitrogen and oxygen atoms in total. The van der Waals surface area contributed by atoms with Crippen molar-refractivity contribution in [3.8, 4) is 5.88 Å². The maximum atomic E-state index is 14.1. The number of nitrogens with one attached hydrogen (secondary N) is 1. The molecule has 1 saturated heterocycles. The van der Waals surface area contributed by atoms with Crippen LogP contribution in [0.25, 0.3) is 21.6 Å². The highest BCUT2D eigenvalue weighted by Gasteiger charge is 2.55. The molecule has 1 aliphatic carbocycles. The van der Waals surface area contributed by atoms with Gasteiger partial charge in [-0.3, -0.25) is 18.4 Å². The number of nitrogens with two attached hydrogens (primary N) is 1. The number of aliphatic carboxylic acids is 1. The Hall–Kier alpha value is -4.09. The molecule has 1 fully saturated rings. The number of carbonyl (C=O) groups is 2. The molecule has 4 rings (SSSR count). The van der Waals surface area contributed by atoms with Gasteiger partial charge in [0.05, 0.1) is 32.3 Å². The molecule has 20 heteroatoms. The summed E-state index contributed by atoms with van der Waals surface area (Å²) in [4.78, 5) is 40.0. The summed E-state index contributed by atoms with van der Waals surface area (Å²) in [7, 11) is -4.68. The van der Waals surface area contributed by atoms with Crippen LogP contribution in [-0.4, -0.2) is 91.4 Å². The highest BCUT2D eigenvalue weighted by molar-refractivity contribution is 7.51. The minimum absolute atomic E-state index is 0.0271. The number of carboxylic acids is 1. The number of azide groups is 1. The number of allylic oxidation sites excluding steroid dienone is 2. The van der Waals surface area contributed by atoms with Crippen molar-refractivity contribution in [2.75, 3.05) is 25.6 Å². The Kier molecular flexibility index (Phi) is 11.0. The van der Waals surface area contributed by atoms with Crippen LogP contribution in [0.2, 0.25) is 0 Å². The second kappa shape index (κ2) is 14.6. The van der Waals surface area contributed by atoms with Crippen LogP contribution in [0, 0.1) is 0 Å². The van der Waals surface area contributed by atoms with E-state index in [0.717, 1.165) is 0 Å². The second-order valence-corrected chi connectivity index (χ2v) is 12.2. The number of ether oxygens (including phenoxy) is 3. The summed E-state index contributed by atoms with van der Waals surface area (Å²) in [5.74, 6) is -2.30. The van der Waals surface area contributed by atoms with Gasteiger partial charge in [-0.2, -0.15) is 9.97 Å². The van der Waals surface area contributed by atoms with Crippen LogP contribution in [0.15, 0.2) is 35.2 Å². The third-order valence-electron chi connectivity index (χ3n) is 7.15. The number of carboxylic acid groups (broad SMARTS) is 1. The molecule has 2 aromatic rings. The zero-order valence-electron chi connectivity index (χ0n) is 25.5. The lowest BCUT2D eigenvalue weighted by atomic mass is 9.93. The van der Waals surface area contributed by atoms with Crippen molar-refractivity contribution >= 4 is 36.8 Å². The van der Waals surface area contributed by atoms with Crippen LogP contribution in [-0.2, 0) is 32.7 Å². The quantitative estimate of drug-likeness (QED) is 0.0700. The van der Waals surface area contributed by atoms with Crippen molar-refractivity contribution in [1.29, 1.82) is 0 Å². The molecule has 5 N–H and O–H groups in total. The van der Waals surface area contributed by atoms with Crippen LogP contribution >= 0.6 is 7.75 Å². The van der Waals surface area contributed by atoms with Gasteiger partial charge in [0, 0.05) is 4.91 Å². The fourth-order valence-corrected chi connectivity index (χ4v) is 6.55. The molecule has 0 spiro atoms. The third kappa shape index (κ3) is 7.31. The summed E-state index contributed by atoms with van der Waals surface area (Å²) in [6, 6.07) is -1.26. The predicted molar refractivity (Wildman–Crippen MR) is 160 cm³/mol. The Labute approximate surface area is 262 Å². The molecule has 1 aliphatic heterocycles. The first-order chi connectivity index (χ1) is 21.9. The molecular formula is C26H36N9O10P. The van der Waals surface area contributed by atoms with Gasteiger partial charge >= 0.3 is 19.7 Å². The number of aromatic nitrogens is 4. The van der Waals surface area contributed by atoms with E-state index in [2.05, 4.69) is 30.1 Å². The molecule has 2 aliphatic rings. The van der Waals surface area contributed by atoms with Gasteiger partial charge in [-0.15, -0.1) is 0 Å². The molecule has 46 heavy (non-hydrogen) atoms. The first kappa shape index (κ1) is 34.8. The van der Waals surface area contributed by atoms with Crippen LogP contribution < -0.4 is 15.6 Å². The number of nitrogens with zero attached hydrogens (tertiary/aromatic N) is 7. The average Bonchev–Trinajstić information content (AvgIpc) is 3.53. The molecule has 3 heterocycles. The van der Waals surface area contributed by atoms with Crippen molar-refractivity contribution in [3.63, 3.8) is 0 Å². The third-order valence-corrected chi connectivity index (χ3v) is 8.83. The van der Waals surface area contributed by atoms with Gasteiger partial charge in [0.2, 0.25) is 11.8 Å². The summed E-state index contributed by atoms with van der Waals surface area (Å²) in [5, 5.41) is 27.5. The van der Waals surface area contributed by atoms with Crippen molar-refractivity contribution in [2.45, 2.75) is 76.7 Å². The smallest absolute Gasteiger partial charge is 0.407 e. The topological polar surface area (TPSA) is 268 Å². The van der Waals surface area contributed by atoms with Crippen LogP contribution in [0.3, 0.4) is 0 Å². The van der Waals surface area contributed by atoms with E-state index < -0.39 is 62.4 Å². The number of anilines is 1. The lowest BCUT2D eigenvalue weighted by molar-refractivity contribution is -0.144. The fraction of sp³-hybridized carbons (Fsp3) is 0.577. The molecule has 0 saturated carbocycles. The number of nitrogen functional groups attached to an aromatic ring is 1. The van der Waals surface area contributed by atoms with E-state index in [9.17, 15) is 29.9 Å². The lowest BCUT2D eigenvalue weighted by Gasteiger charge is -2.28. The number of carbonyl (C=O) groups excluding carboxylic acids is 1. The van der Waals surface area contributed by atoms with Gasteiger partial charge in [0.25, 0.3) is 0 Å². The van der Waals surface area contributed by atoms with Crippen LogP contribution in [0.4, 0.5) is 5.95 Å². The molecule has 0 aromatic carbocycles. The van der Waals surface area contributed by atoms with Gasteiger partial charge in [-0.05, 0) is 51.6 Å². The zero-order chi connectivity index (χ0) is 33.6. The minimum Gasteiger partial charge on any atom is -0.479 e. The first-order valence-electron chi connectivity index (χ1n) is 14.4. The number of rotatable bonds is 15. The van der Waals surface area contributed by atoms with Gasteiger partial charge < -0.3 is 30.2 Å². The Balaban J connectivity index is 1.66. The highest BCUT2D eigenvalue weighted by atomic mass is 31.2. The molecule has 0 bridgehead atoms. The molecule has 2 aromatic heterocycles.